The van der Waals surface area contributed by atoms with E-state index in [2.05, 4.69) is 39.4 Å². The van der Waals surface area contributed by atoms with E-state index >= 15 is 0 Å². The summed E-state index contributed by atoms with van der Waals surface area (Å²) in [6, 6.07) is 14.5. The van der Waals surface area contributed by atoms with Crippen molar-refractivity contribution in [3.8, 4) is 5.75 Å². The number of piperazine rings is 1. The van der Waals surface area contributed by atoms with Crippen LogP contribution >= 0.6 is 11.6 Å². The smallest absolute Gasteiger partial charge is 0.225 e. The molecule has 0 aliphatic carbocycles. The number of benzene rings is 2. The normalized spacial score (nSPS) is 21.2. The van der Waals surface area contributed by atoms with Crippen LogP contribution in [0, 0.1) is 5.92 Å². The summed E-state index contributed by atoms with van der Waals surface area (Å²) >= 11 is 6.04. The average molecular weight is 428 g/mol. The van der Waals surface area contributed by atoms with E-state index in [1.165, 1.54) is 16.8 Å². The van der Waals surface area contributed by atoms with Crippen molar-refractivity contribution in [1.82, 2.24) is 10.2 Å². The highest BCUT2D eigenvalue weighted by Crippen LogP contribution is 2.38. The molecule has 5 nitrogen and oxygen atoms in total. The van der Waals surface area contributed by atoms with Crippen LogP contribution in [0.5, 0.6) is 5.75 Å². The van der Waals surface area contributed by atoms with Gasteiger partial charge in [-0.3, -0.25) is 9.69 Å². The number of nitrogens with one attached hydrogen (secondary N) is 1. The first kappa shape index (κ1) is 21.0. The number of amides is 1. The second-order valence-corrected chi connectivity index (χ2v) is 9.03. The van der Waals surface area contributed by atoms with Crippen molar-refractivity contribution >= 4 is 23.2 Å². The predicted octanol–water partition coefficient (Wildman–Crippen LogP) is 3.74. The van der Waals surface area contributed by atoms with Gasteiger partial charge < -0.3 is 15.0 Å². The molecule has 1 N–H and O–H groups in total. The molecule has 0 saturated carbocycles. The van der Waals surface area contributed by atoms with Crippen molar-refractivity contribution < 1.29 is 9.53 Å². The maximum atomic E-state index is 13.1. The van der Waals surface area contributed by atoms with Gasteiger partial charge in [-0.2, -0.15) is 0 Å². The molecule has 2 aromatic rings. The van der Waals surface area contributed by atoms with Crippen LogP contribution < -0.4 is 15.0 Å². The van der Waals surface area contributed by atoms with E-state index in [0.717, 1.165) is 43.4 Å². The van der Waals surface area contributed by atoms with Crippen LogP contribution in [0.25, 0.3) is 0 Å². The van der Waals surface area contributed by atoms with E-state index in [1.807, 2.05) is 32.0 Å². The number of rotatable bonds is 5. The third-order valence-corrected chi connectivity index (χ3v) is 6.35. The third kappa shape index (κ3) is 4.42. The predicted molar refractivity (Wildman–Crippen MR) is 121 cm³/mol. The first-order valence-corrected chi connectivity index (χ1v) is 11.0. The van der Waals surface area contributed by atoms with Crippen LogP contribution in [0.3, 0.4) is 0 Å². The second-order valence-electron chi connectivity index (χ2n) is 8.59. The topological polar surface area (TPSA) is 44.8 Å². The molecule has 2 atom stereocenters. The van der Waals surface area contributed by atoms with Gasteiger partial charge in [0.25, 0.3) is 0 Å². The molecule has 1 amide bonds. The Morgan fingerprint density at radius 3 is 2.67 bits per heavy atom. The zero-order chi connectivity index (χ0) is 21.3. The summed E-state index contributed by atoms with van der Waals surface area (Å²) in [6.07, 6.45) is 0.758. The molecule has 0 radical (unpaired) electrons. The van der Waals surface area contributed by atoms with Gasteiger partial charge in [0.05, 0.1) is 19.1 Å². The number of ether oxygens (including phenoxy) is 1. The SMILES string of the molecule is COc1ccc2c(c1)N1CCN(Cc3ccc(Cl)cc3)CC1C(C(=O)NC(C)C)C2. The highest BCUT2D eigenvalue weighted by atomic mass is 35.5. The molecule has 0 aromatic heterocycles. The molecule has 6 heteroatoms. The highest BCUT2D eigenvalue weighted by molar-refractivity contribution is 6.30. The molecule has 2 aliphatic heterocycles. The van der Waals surface area contributed by atoms with Gasteiger partial charge in [-0.05, 0) is 49.6 Å². The highest BCUT2D eigenvalue weighted by Gasteiger charge is 2.41. The van der Waals surface area contributed by atoms with Gasteiger partial charge in [0.1, 0.15) is 5.75 Å². The minimum atomic E-state index is -0.0682. The van der Waals surface area contributed by atoms with Crippen LogP contribution in [0.2, 0.25) is 5.02 Å². The molecule has 1 fully saturated rings. The lowest BCUT2D eigenvalue weighted by atomic mass is 9.83. The first-order chi connectivity index (χ1) is 14.4. The van der Waals surface area contributed by atoms with Crippen LogP contribution in [0.4, 0.5) is 5.69 Å². The molecular weight excluding hydrogens is 398 g/mol. The summed E-state index contributed by atoms with van der Waals surface area (Å²) in [5.74, 6) is 0.942. The molecule has 2 aromatic carbocycles. The minimum Gasteiger partial charge on any atom is -0.497 e. The Balaban J connectivity index is 1.59. The maximum absolute atomic E-state index is 13.1. The van der Waals surface area contributed by atoms with E-state index in [1.54, 1.807) is 7.11 Å². The Hall–Kier alpha value is -2.24. The lowest BCUT2D eigenvalue weighted by molar-refractivity contribution is -0.126. The van der Waals surface area contributed by atoms with Gasteiger partial charge >= 0.3 is 0 Å². The minimum absolute atomic E-state index is 0.0682. The molecule has 0 bridgehead atoms. The van der Waals surface area contributed by atoms with Crippen molar-refractivity contribution in [2.45, 2.75) is 38.9 Å². The summed E-state index contributed by atoms with van der Waals surface area (Å²) in [4.78, 5) is 18.0. The summed E-state index contributed by atoms with van der Waals surface area (Å²) < 4.78 is 5.47. The molecule has 2 heterocycles. The maximum Gasteiger partial charge on any atom is 0.225 e. The molecule has 1 saturated heterocycles. The van der Waals surface area contributed by atoms with Crippen molar-refractivity contribution in [3.63, 3.8) is 0 Å². The Morgan fingerprint density at radius 1 is 1.20 bits per heavy atom. The Labute approximate surface area is 184 Å². The number of anilines is 1. The van der Waals surface area contributed by atoms with Crippen molar-refractivity contribution in [2.24, 2.45) is 5.92 Å². The van der Waals surface area contributed by atoms with E-state index in [9.17, 15) is 4.79 Å². The molecule has 160 valence electrons. The van der Waals surface area contributed by atoms with Gasteiger partial charge in [-0.1, -0.05) is 29.8 Å². The first-order valence-electron chi connectivity index (χ1n) is 10.7. The van der Waals surface area contributed by atoms with Crippen LogP contribution in [-0.4, -0.2) is 49.6 Å². The largest absolute Gasteiger partial charge is 0.497 e. The number of carbonyl (C=O) groups excluding carboxylic acids is 1. The van der Waals surface area contributed by atoms with Gasteiger partial charge in [-0.25, -0.2) is 0 Å². The van der Waals surface area contributed by atoms with Crippen LogP contribution in [-0.2, 0) is 17.8 Å². The molecular formula is C24H30ClN3O2. The molecule has 2 unspecified atom stereocenters. The Bertz CT molecular complexity index is 900. The fourth-order valence-electron chi connectivity index (χ4n) is 4.65. The van der Waals surface area contributed by atoms with Crippen LogP contribution in [0.15, 0.2) is 42.5 Å². The zero-order valence-electron chi connectivity index (χ0n) is 17.9. The number of fused-ring (bicyclic) bond motifs is 3. The summed E-state index contributed by atoms with van der Waals surface area (Å²) in [7, 11) is 1.70. The van der Waals surface area contributed by atoms with Gasteiger partial charge in [0.2, 0.25) is 5.91 Å². The molecule has 2 aliphatic rings. The van der Waals surface area contributed by atoms with E-state index in [4.69, 9.17) is 16.3 Å². The second kappa shape index (κ2) is 8.86. The Kier molecular flexibility index (Phi) is 6.21. The average Bonchev–Trinajstić information content (AvgIpc) is 2.73. The molecule has 30 heavy (non-hydrogen) atoms. The number of hydrogen-bond donors (Lipinski definition) is 1. The van der Waals surface area contributed by atoms with Crippen molar-refractivity contribution in [2.75, 3.05) is 31.6 Å². The molecule has 0 spiro atoms. The lowest BCUT2D eigenvalue weighted by Gasteiger charge is -2.49. The lowest BCUT2D eigenvalue weighted by Crippen LogP contribution is -2.61. The van der Waals surface area contributed by atoms with Crippen molar-refractivity contribution in [1.29, 1.82) is 0 Å². The number of nitrogens with zero attached hydrogens (tertiary/aromatic N) is 2. The van der Waals surface area contributed by atoms with Crippen LogP contribution in [0.1, 0.15) is 25.0 Å². The van der Waals surface area contributed by atoms with Gasteiger partial charge in [0.15, 0.2) is 0 Å². The number of hydrogen-bond acceptors (Lipinski definition) is 4. The van der Waals surface area contributed by atoms with E-state index < -0.39 is 0 Å². The summed E-state index contributed by atoms with van der Waals surface area (Å²) in [5.41, 5.74) is 3.68. The summed E-state index contributed by atoms with van der Waals surface area (Å²) in [6.45, 7) is 7.61. The standard InChI is InChI=1S/C24H30ClN3O2/c1-16(2)26-24(29)21-12-18-6-9-20(30-3)13-22(18)28-11-10-27(15-23(21)28)14-17-4-7-19(25)8-5-17/h4-9,13,16,21,23H,10-12,14-15H2,1-3H3,(H,26,29). The van der Waals surface area contributed by atoms with E-state index in [-0.39, 0.29) is 23.9 Å². The summed E-state index contributed by atoms with van der Waals surface area (Å²) in [5, 5.41) is 3.90. The number of carbonyl (C=O) groups is 1. The fourth-order valence-corrected chi connectivity index (χ4v) is 4.77. The number of halogens is 1. The van der Waals surface area contributed by atoms with E-state index in [0.29, 0.717) is 0 Å². The third-order valence-electron chi connectivity index (χ3n) is 6.10. The molecule has 4 rings (SSSR count). The fraction of sp³-hybridized carbons (Fsp3) is 0.458. The Morgan fingerprint density at radius 2 is 1.97 bits per heavy atom. The van der Waals surface area contributed by atoms with Gasteiger partial charge in [0, 0.05) is 49.0 Å². The number of methoxy groups -OCH3 is 1. The zero-order valence-corrected chi connectivity index (χ0v) is 18.7. The van der Waals surface area contributed by atoms with Gasteiger partial charge in [-0.15, -0.1) is 0 Å². The quantitative estimate of drug-likeness (QED) is 0.789. The monoisotopic (exact) mass is 427 g/mol. The van der Waals surface area contributed by atoms with Crippen molar-refractivity contribution in [3.05, 3.63) is 58.6 Å².